The molecule has 1 N–H and O–H groups in total. The summed E-state index contributed by atoms with van der Waals surface area (Å²) in [4.78, 5) is 25.6. The average Bonchev–Trinajstić information content (AvgIpc) is 3.10. The first-order chi connectivity index (χ1) is 20.6. The topological polar surface area (TPSA) is 120 Å². The Morgan fingerprint density at radius 3 is 2.70 bits per heavy atom. The van der Waals surface area contributed by atoms with Crippen molar-refractivity contribution in [3.05, 3.63) is 76.7 Å². The monoisotopic (exact) mass is 618 g/mol. The van der Waals surface area contributed by atoms with Gasteiger partial charge >= 0.3 is 0 Å². The van der Waals surface area contributed by atoms with Crippen molar-refractivity contribution in [1.82, 2.24) is 20.3 Å². The van der Waals surface area contributed by atoms with E-state index >= 15 is 0 Å². The van der Waals surface area contributed by atoms with Crippen molar-refractivity contribution < 1.29 is 40.2 Å². The molecule has 4 aromatic rings. The first kappa shape index (κ1) is 30.3. The quantitative estimate of drug-likeness (QED) is 0.258. The Hall–Kier alpha value is -4.17. The molecule has 226 valence electrons. The highest BCUT2D eigenvalue weighted by atomic mass is 32.2. The summed E-state index contributed by atoms with van der Waals surface area (Å²) < 4.78 is 90.6. The number of nitrogens with one attached hydrogen (secondary N) is 1. The summed E-state index contributed by atoms with van der Waals surface area (Å²) in [5.41, 5.74) is -1.33. The summed E-state index contributed by atoms with van der Waals surface area (Å²) in [6, 6.07) is 10.4. The predicted molar refractivity (Wildman–Crippen MR) is 148 cm³/mol. The minimum atomic E-state index is -4.66. The number of rotatable bonds is 9. The molecule has 0 fully saturated rings. The number of aromatic nitrogens is 3. The maximum absolute atomic E-state index is 14.3. The number of aryl methyl sites for hydroxylation is 1. The zero-order chi connectivity index (χ0) is 30.7. The van der Waals surface area contributed by atoms with Crippen molar-refractivity contribution in [2.45, 2.75) is 43.3 Å². The van der Waals surface area contributed by atoms with Crippen LogP contribution in [0.15, 0.2) is 53.6 Å². The van der Waals surface area contributed by atoms with Crippen LogP contribution in [0.25, 0.3) is 22.2 Å². The largest absolute Gasteiger partial charge is 0.477 e. The van der Waals surface area contributed by atoms with E-state index in [-0.39, 0.29) is 24.1 Å². The van der Waals surface area contributed by atoms with Crippen molar-refractivity contribution in [2.75, 3.05) is 19.9 Å². The summed E-state index contributed by atoms with van der Waals surface area (Å²) in [6.07, 6.45) is -1.43. The van der Waals surface area contributed by atoms with Crippen LogP contribution in [-0.2, 0) is 34.1 Å². The van der Waals surface area contributed by atoms with Gasteiger partial charge in [0.1, 0.15) is 0 Å². The number of carbonyl (C=O) groups is 1. The highest BCUT2D eigenvalue weighted by molar-refractivity contribution is 7.92. The molecule has 0 aliphatic carbocycles. The maximum Gasteiger partial charge on any atom is 0.264 e. The molecular weight excluding hydrogens is 592 g/mol. The van der Waals surface area contributed by atoms with E-state index in [1.807, 2.05) is 0 Å². The first-order valence-corrected chi connectivity index (χ1v) is 14.8. The Labute approximate surface area is 244 Å². The second-order valence-corrected chi connectivity index (χ2v) is 11.6. The number of halogens is 4. The van der Waals surface area contributed by atoms with E-state index < -0.39 is 58.0 Å². The number of amides is 1. The number of nitrogens with zero attached hydrogens (tertiary/aromatic N) is 3. The third-order valence-electron chi connectivity index (χ3n) is 6.77. The minimum absolute atomic E-state index is 0.146. The van der Waals surface area contributed by atoms with Gasteiger partial charge in [0.25, 0.3) is 12.3 Å². The molecule has 5 rings (SSSR count). The Balaban J connectivity index is 1.41. The smallest absolute Gasteiger partial charge is 0.264 e. The van der Waals surface area contributed by atoms with Gasteiger partial charge in [-0.1, -0.05) is 0 Å². The number of ether oxygens (including phenoxy) is 2. The Bertz CT molecular complexity index is 1790. The normalized spacial score (nSPS) is 16.1. The van der Waals surface area contributed by atoms with Gasteiger partial charge in [-0.3, -0.25) is 14.2 Å². The van der Waals surface area contributed by atoms with Crippen LogP contribution in [0.1, 0.15) is 46.2 Å². The van der Waals surface area contributed by atoms with Crippen LogP contribution in [0.4, 0.5) is 17.6 Å². The van der Waals surface area contributed by atoms with Crippen LogP contribution in [-0.4, -0.2) is 54.7 Å². The number of carbonyl (C=O) groups excluding carboxylic acids is 1. The van der Waals surface area contributed by atoms with Crippen LogP contribution < -0.4 is 10.1 Å². The van der Waals surface area contributed by atoms with Gasteiger partial charge < -0.3 is 14.8 Å². The third kappa shape index (κ3) is 6.30. The highest BCUT2D eigenvalue weighted by Gasteiger charge is 2.36. The lowest BCUT2D eigenvalue weighted by molar-refractivity contribution is 0.0914. The van der Waals surface area contributed by atoms with Gasteiger partial charge in [-0.05, 0) is 49.4 Å². The van der Waals surface area contributed by atoms with E-state index in [1.165, 1.54) is 0 Å². The summed E-state index contributed by atoms with van der Waals surface area (Å²) in [7, 11) is -4.66. The Morgan fingerprint density at radius 1 is 1.14 bits per heavy atom. The van der Waals surface area contributed by atoms with Gasteiger partial charge in [-0.15, -0.1) is 0 Å². The van der Waals surface area contributed by atoms with Crippen LogP contribution in [0.2, 0.25) is 0 Å². The second-order valence-electron chi connectivity index (χ2n) is 9.59. The second kappa shape index (κ2) is 12.6. The van der Waals surface area contributed by atoms with Crippen LogP contribution >= 0.6 is 0 Å². The number of hydrogen-bond donors (Lipinski definition) is 1. The number of sulfone groups is 1. The highest BCUT2D eigenvalue weighted by Crippen LogP contribution is 2.35. The molecule has 1 aliphatic rings. The lowest BCUT2D eigenvalue weighted by Crippen LogP contribution is -2.25. The van der Waals surface area contributed by atoms with E-state index in [9.17, 15) is 30.8 Å². The number of fused-ring (bicyclic) bond motifs is 2. The maximum atomic E-state index is 14.3. The van der Waals surface area contributed by atoms with Crippen molar-refractivity contribution >= 4 is 26.6 Å². The van der Waals surface area contributed by atoms with Crippen LogP contribution in [0.3, 0.4) is 0 Å². The molecule has 0 bridgehead atoms. The molecule has 4 heterocycles. The lowest BCUT2D eigenvalue weighted by Gasteiger charge is -2.15. The lowest BCUT2D eigenvalue weighted by atomic mass is 10.0. The van der Waals surface area contributed by atoms with E-state index in [1.54, 1.807) is 43.5 Å². The van der Waals surface area contributed by atoms with Crippen molar-refractivity contribution in [3.63, 3.8) is 0 Å². The van der Waals surface area contributed by atoms with Gasteiger partial charge in [-0.25, -0.2) is 31.6 Å². The first-order valence-electron chi connectivity index (χ1n) is 13.3. The van der Waals surface area contributed by atoms with Gasteiger partial charge in [-0.2, -0.15) is 0 Å². The fraction of sp³-hybridized carbons (Fsp3) is 0.310. The third-order valence-corrected chi connectivity index (χ3v) is 8.55. The van der Waals surface area contributed by atoms with E-state index in [4.69, 9.17) is 9.47 Å². The standard InChI is InChI=1S/C29H26F4N4O5S/c1-2-42-29-20(5-4-18(36-29)7-8-30)23-6-3-16-12-34-19(11-24(16)37-23)13-35-28(38)17-9-21(27(32)33)22-14-41-15-26(31)43(39,40)25(22)10-17/h3-6,9-12,26-27H,2,7-8,13-15H2,1H3,(H,35,38)/t26-/m1/s1. The molecular formula is C29H26F4N4O5S. The molecule has 0 spiro atoms. The number of hydrogen-bond acceptors (Lipinski definition) is 8. The molecule has 1 aromatic carbocycles. The van der Waals surface area contributed by atoms with Gasteiger partial charge in [0.05, 0.1) is 60.4 Å². The number of benzene rings is 1. The molecule has 1 aliphatic heterocycles. The van der Waals surface area contributed by atoms with Crippen LogP contribution in [0.5, 0.6) is 5.88 Å². The minimum Gasteiger partial charge on any atom is -0.477 e. The van der Waals surface area contributed by atoms with Gasteiger partial charge in [0, 0.05) is 40.4 Å². The molecule has 1 amide bonds. The predicted octanol–water partition coefficient (Wildman–Crippen LogP) is 5.07. The van der Waals surface area contributed by atoms with E-state index in [0.717, 1.165) is 12.1 Å². The molecule has 43 heavy (non-hydrogen) atoms. The van der Waals surface area contributed by atoms with Crippen molar-refractivity contribution in [2.24, 2.45) is 0 Å². The zero-order valence-corrected chi connectivity index (χ0v) is 23.6. The van der Waals surface area contributed by atoms with Crippen LogP contribution in [0, 0.1) is 0 Å². The zero-order valence-electron chi connectivity index (χ0n) is 22.8. The summed E-state index contributed by atoms with van der Waals surface area (Å²) >= 11 is 0. The molecule has 0 unspecified atom stereocenters. The summed E-state index contributed by atoms with van der Waals surface area (Å²) in [6.45, 7) is 0.113. The Kier molecular flexibility index (Phi) is 8.87. The number of alkyl halides is 4. The SMILES string of the molecule is CCOc1nc(CCF)ccc1-c1ccc2cnc(CNC(=O)c3cc(C(F)F)c4c(c3)S(=O)(=O)[C@@H](F)COC4)cc2n1. The molecule has 9 nitrogen and oxygen atoms in total. The average molecular weight is 619 g/mol. The van der Waals surface area contributed by atoms with Gasteiger partial charge in [0.15, 0.2) is 0 Å². The molecule has 0 saturated carbocycles. The molecule has 14 heteroatoms. The number of pyridine rings is 3. The van der Waals surface area contributed by atoms with E-state index in [0.29, 0.717) is 46.0 Å². The van der Waals surface area contributed by atoms with Gasteiger partial charge in [0.2, 0.25) is 21.2 Å². The fourth-order valence-corrected chi connectivity index (χ4v) is 5.98. The molecule has 3 aromatic heterocycles. The van der Waals surface area contributed by atoms with Crippen molar-refractivity contribution in [3.8, 4) is 17.1 Å². The molecule has 0 saturated heterocycles. The summed E-state index contributed by atoms with van der Waals surface area (Å²) in [5, 5.41) is 3.24. The van der Waals surface area contributed by atoms with E-state index in [2.05, 4.69) is 20.3 Å². The summed E-state index contributed by atoms with van der Waals surface area (Å²) in [5.74, 6) is -0.539. The fourth-order valence-electron chi connectivity index (χ4n) is 4.62. The Morgan fingerprint density at radius 2 is 1.95 bits per heavy atom. The molecule has 0 radical (unpaired) electrons. The molecule has 1 atom stereocenters. The van der Waals surface area contributed by atoms with Crippen molar-refractivity contribution in [1.29, 1.82) is 0 Å².